The quantitative estimate of drug-likeness (QED) is 0.0777. The number of carbonyl (C=O) groups is 1. The molecule has 1 aromatic heterocycles. The van der Waals surface area contributed by atoms with E-state index in [4.69, 9.17) is 23.4 Å². The Morgan fingerprint density at radius 3 is 2.12 bits per heavy atom. The molecule has 0 bridgehead atoms. The lowest BCUT2D eigenvalue weighted by molar-refractivity contribution is -0.154. The zero-order valence-corrected chi connectivity index (χ0v) is 29.9. The molecule has 8 nitrogen and oxygen atoms in total. The lowest BCUT2D eigenvalue weighted by Crippen LogP contribution is -2.31. The van der Waals surface area contributed by atoms with E-state index in [0.717, 1.165) is 11.1 Å². The summed E-state index contributed by atoms with van der Waals surface area (Å²) in [6.07, 6.45) is -2.39. The van der Waals surface area contributed by atoms with E-state index >= 15 is 0 Å². The van der Waals surface area contributed by atoms with Crippen LogP contribution in [-0.4, -0.2) is 38.2 Å². The summed E-state index contributed by atoms with van der Waals surface area (Å²) in [5.41, 5.74) is 1.56. The first-order chi connectivity index (χ1) is 23.5. The average Bonchev–Trinajstić information content (AvgIpc) is 3.03. The fourth-order valence-electron chi connectivity index (χ4n) is 5.74. The number of halogens is 3. The molecule has 0 aliphatic carbocycles. The maximum Gasteiger partial charge on any atom is 0.453 e. The molecular weight excluding hydrogens is 651 g/mol. The predicted molar refractivity (Wildman–Crippen MR) is 187 cm³/mol. The van der Waals surface area contributed by atoms with Crippen LogP contribution in [0.3, 0.4) is 0 Å². The van der Waals surface area contributed by atoms with Gasteiger partial charge in [-0.2, -0.15) is 13.2 Å². The highest BCUT2D eigenvalue weighted by Crippen LogP contribution is 2.41. The third kappa shape index (κ3) is 9.06. The molecular formula is C39H44F3NO7. The summed E-state index contributed by atoms with van der Waals surface area (Å²) in [6, 6.07) is 11.2. The van der Waals surface area contributed by atoms with E-state index in [1.54, 1.807) is 45.0 Å². The Balaban J connectivity index is 1.88. The van der Waals surface area contributed by atoms with Crippen LogP contribution in [0.25, 0.3) is 17.0 Å². The molecule has 0 atom stereocenters. The van der Waals surface area contributed by atoms with E-state index in [-0.39, 0.29) is 46.4 Å². The van der Waals surface area contributed by atoms with Gasteiger partial charge in [-0.3, -0.25) is 9.69 Å². The highest BCUT2D eigenvalue weighted by molar-refractivity contribution is 5.91. The van der Waals surface area contributed by atoms with Gasteiger partial charge in [0.25, 0.3) is 5.76 Å². The smallest absolute Gasteiger partial charge is 0.453 e. The molecule has 0 aliphatic heterocycles. The summed E-state index contributed by atoms with van der Waals surface area (Å²) in [4.78, 5) is 29.1. The molecule has 268 valence electrons. The van der Waals surface area contributed by atoms with E-state index < -0.39 is 29.1 Å². The van der Waals surface area contributed by atoms with Gasteiger partial charge < -0.3 is 23.4 Å². The Hall–Kier alpha value is -4.77. The van der Waals surface area contributed by atoms with Crippen molar-refractivity contribution in [2.75, 3.05) is 27.3 Å². The van der Waals surface area contributed by atoms with Gasteiger partial charge in [0.15, 0.2) is 11.5 Å². The molecule has 4 aromatic rings. The maximum atomic E-state index is 14.7. The van der Waals surface area contributed by atoms with Gasteiger partial charge in [-0.25, -0.2) is 4.79 Å². The molecule has 0 N–H and O–H groups in total. The molecule has 0 fully saturated rings. The molecule has 11 heteroatoms. The molecule has 3 aromatic carbocycles. The summed E-state index contributed by atoms with van der Waals surface area (Å²) >= 11 is 0. The van der Waals surface area contributed by atoms with Crippen LogP contribution in [-0.2, 0) is 17.5 Å². The lowest BCUT2D eigenvalue weighted by Gasteiger charge is -2.27. The predicted octanol–water partition coefficient (Wildman–Crippen LogP) is 9.28. The number of hydrogen-bond acceptors (Lipinski definition) is 8. The summed E-state index contributed by atoms with van der Waals surface area (Å²) in [6.45, 7) is 14.6. The molecule has 0 unspecified atom stereocenters. The van der Waals surface area contributed by atoms with Crippen molar-refractivity contribution < 1.29 is 41.3 Å². The second-order valence-electron chi connectivity index (χ2n) is 13.2. The van der Waals surface area contributed by atoms with Crippen molar-refractivity contribution >= 4 is 23.0 Å². The van der Waals surface area contributed by atoms with Gasteiger partial charge in [-0.15, -0.1) is 0 Å². The van der Waals surface area contributed by atoms with E-state index in [1.165, 1.54) is 38.5 Å². The van der Waals surface area contributed by atoms with Gasteiger partial charge in [-0.1, -0.05) is 39.8 Å². The summed E-state index contributed by atoms with van der Waals surface area (Å²) < 4.78 is 71.8. The van der Waals surface area contributed by atoms with Crippen molar-refractivity contribution in [3.05, 3.63) is 92.3 Å². The molecule has 1 heterocycles. The number of nitrogens with zero attached hydrogens (tertiary/aromatic N) is 1. The number of fused-ring (bicyclic) bond motifs is 1. The molecule has 0 saturated carbocycles. The molecule has 50 heavy (non-hydrogen) atoms. The first-order valence-electron chi connectivity index (χ1n) is 16.3. The van der Waals surface area contributed by atoms with Gasteiger partial charge in [0, 0.05) is 25.7 Å². The first kappa shape index (κ1) is 38.0. The zero-order chi connectivity index (χ0) is 36.9. The maximum absolute atomic E-state index is 14.7. The zero-order valence-electron chi connectivity index (χ0n) is 29.9. The minimum absolute atomic E-state index is 0.0351. The average molecular weight is 696 g/mol. The Morgan fingerprint density at radius 1 is 0.880 bits per heavy atom. The van der Waals surface area contributed by atoms with Crippen molar-refractivity contribution in [1.82, 2.24) is 4.90 Å². The number of methoxy groups -OCH3 is 2. The third-order valence-electron chi connectivity index (χ3n) is 7.97. The van der Waals surface area contributed by atoms with Crippen LogP contribution in [0.5, 0.6) is 28.7 Å². The van der Waals surface area contributed by atoms with Crippen LogP contribution >= 0.6 is 0 Å². The van der Waals surface area contributed by atoms with Crippen molar-refractivity contribution in [3.8, 4) is 28.7 Å². The second kappa shape index (κ2) is 15.8. The number of hydrogen-bond donors (Lipinski definition) is 0. The van der Waals surface area contributed by atoms with Gasteiger partial charge in [0.1, 0.15) is 17.1 Å². The number of ether oxygens (including phenoxy) is 4. The van der Waals surface area contributed by atoms with Crippen LogP contribution in [0.2, 0.25) is 0 Å². The lowest BCUT2D eigenvalue weighted by atomic mass is 10.0. The van der Waals surface area contributed by atoms with Gasteiger partial charge in [0.2, 0.25) is 11.2 Å². The Bertz CT molecular complexity index is 1930. The monoisotopic (exact) mass is 695 g/mol. The Labute approximate surface area is 290 Å². The first-order valence-corrected chi connectivity index (χ1v) is 16.3. The summed E-state index contributed by atoms with van der Waals surface area (Å²) in [7, 11) is 3.00. The van der Waals surface area contributed by atoms with Crippen LogP contribution in [0.15, 0.2) is 57.8 Å². The summed E-state index contributed by atoms with van der Waals surface area (Å²) in [5, 5.41) is -0.139. The minimum Gasteiger partial charge on any atom is -0.493 e. The molecule has 0 saturated heterocycles. The fraction of sp³-hybridized carbons (Fsp3) is 0.385. The SMILES string of the molecule is COc1ccc(/C=C/C(=O)Oc2ccc3c(=O)c(Oc4cc(C)cc(C)c4C)c(C(F)(F)F)oc3c2CN(CC(C)C)CC(C)C)cc1OC. The molecule has 0 amide bonds. The number of aryl methyl sites for hydroxylation is 2. The highest BCUT2D eigenvalue weighted by atomic mass is 19.4. The summed E-state index contributed by atoms with van der Waals surface area (Å²) in [5.74, 6) is -1.86. The van der Waals surface area contributed by atoms with Crippen molar-refractivity contribution in [3.63, 3.8) is 0 Å². The van der Waals surface area contributed by atoms with Crippen LogP contribution < -0.4 is 24.4 Å². The topological polar surface area (TPSA) is 87.4 Å². The van der Waals surface area contributed by atoms with Crippen LogP contribution in [0.4, 0.5) is 13.2 Å². The van der Waals surface area contributed by atoms with Crippen molar-refractivity contribution in [2.24, 2.45) is 11.8 Å². The van der Waals surface area contributed by atoms with E-state index in [2.05, 4.69) is 0 Å². The van der Waals surface area contributed by atoms with E-state index in [0.29, 0.717) is 35.7 Å². The number of rotatable bonds is 13. The highest BCUT2D eigenvalue weighted by Gasteiger charge is 2.41. The fourth-order valence-corrected chi connectivity index (χ4v) is 5.74. The van der Waals surface area contributed by atoms with Crippen LogP contribution in [0.1, 0.15) is 61.3 Å². The molecule has 0 spiro atoms. The second-order valence-corrected chi connectivity index (χ2v) is 13.2. The van der Waals surface area contributed by atoms with Crippen molar-refractivity contribution in [1.29, 1.82) is 0 Å². The molecule has 0 aliphatic rings. The van der Waals surface area contributed by atoms with E-state index in [9.17, 15) is 22.8 Å². The van der Waals surface area contributed by atoms with Gasteiger partial charge >= 0.3 is 12.1 Å². The van der Waals surface area contributed by atoms with Crippen LogP contribution in [0, 0.1) is 32.6 Å². The normalized spacial score (nSPS) is 12.1. The van der Waals surface area contributed by atoms with Crippen molar-refractivity contribution in [2.45, 2.75) is 61.2 Å². The standard InChI is InChI=1S/C39H44F3NO7/c1-22(2)19-43(20-23(3)4)21-29-30(48-34(44)15-11-27-10-13-31(46-8)33(18-27)47-9)14-12-28-35(45)37(38(39(40,41)42)50-36(28)29)49-32-17-24(5)16-25(6)26(32)7/h10-18,22-23H,19-21H2,1-9H3/b15-11+. The molecule has 4 rings (SSSR count). The Morgan fingerprint density at radius 2 is 1.52 bits per heavy atom. The number of esters is 1. The Kier molecular flexibility index (Phi) is 12.1. The van der Waals surface area contributed by atoms with Gasteiger partial charge in [-0.05, 0) is 91.3 Å². The number of benzene rings is 3. The largest absolute Gasteiger partial charge is 0.493 e. The van der Waals surface area contributed by atoms with E-state index in [1.807, 2.05) is 38.7 Å². The minimum atomic E-state index is -5.09. The van der Waals surface area contributed by atoms with Gasteiger partial charge in [0.05, 0.1) is 25.2 Å². The number of carbonyl (C=O) groups excluding carboxylic acids is 1. The number of alkyl halides is 3. The molecule has 0 radical (unpaired) electrons. The third-order valence-corrected chi connectivity index (χ3v) is 7.97.